The maximum atomic E-state index is 12.4. The third kappa shape index (κ3) is 4.35. The number of carbonyl (C=O) groups is 1. The molecule has 12 heteroatoms. The van der Waals surface area contributed by atoms with Crippen LogP contribution in [0.3, 0.4) is 0 Å². The normalized spacial score (nSPS) is 18.4. The number of pyridine rings is 1. The van der Waals surface area contributed by atoms with E-state index in [0.29, 0.717) is 17.9 Å². The van der Waals surface area contributed by atoms with E-state index < -0.39 is 22.9 Å². The number of nitrogens with zero attached hydrogens (tertiary/aromatic N) is 3. The van der Waals surface area contributed by atoms with Crippen molar-refractivity contribution in [2.75, 3.05) is 24.5 Å². The molecule has 2 N–H and O–H groups in total. The fourth-order valence-corrected chi connectivity index (χ4v) is 4.61. The molecule has 30 heavy (non-hydrogen) atoms. The van der Waals surface area contributed by atoms with Gasteiger partial charge in [-0.15, -0.1) is 0 Å². The zero-order valence-electron chi connectivity index (χ0n) is 15.8. The quantitative estimate of drug-likeness (QED) is 0.641. The van der Waals surface area contributed by atoms with Crippen molar-refractivity contribution in [2.45, 2.75) is 31.5 Å². The topological polar surface area (TPSA) is 98.4 Å². The third-order valence-electron chi connectivity index (χ3n) is 5.15. The van der Waals surface area contributed by atoms with Crippen LogP contribution < -0.4 is 9.62 Å². The first-order valence-corrected chi connectivity index (χ1v) is 10.8. The maximum Gasteiger partial charge on any atom is 0.402 e. The Kier molecular flexibility index (Phi) is 5.32. The summed E-state index contributed by atoms with van der Waals surface area (Å²) in [5.41, 5.74) is 2.29. The molecule has 8 nitrogen and oxygen atoms in total. The monoisotopic (exact) mass is 443 g/mol. The minimum atomic E-state index is -4.62. The van der Waals surface area contributed by atoms with Gasteiger partial charge in [0.15, 0.2) is 0 Å². The van der Waals surface area contributed by atoms with Gasteiger partial charge in [-0.3, -0.25) is 9.69 Å². The summed E-state index contributed by atoms with van der Waals surface area (Å²) >= 11 is 0. The van der Waals surface area contributed by atoms with Gasteiger partial charge in [0.05, 0.1) is 0 Å². The van der Waals surface area contributed by atoms with E-state index in [0.717, 1.165) is 40.1 Å². The predicted octanol–water partition coefficient (Wildman–Crippen LogP) is 2.17. The van der Waals surface area contributed by atoms with Gasteiger partial charge in [0.1, 0.15) is 18.0 Å². The molecule has 2 aliphatic rings. The zero-order valence-corrected chi connectivity index (χ0v) is 16.6. The zero-order chi connectivity index (χ0) is 21.5. The number of anilines is 1. The predicted molar refractivity (Wildman–Crippen MR) is 105 cm³/mol. The molecule has 2 aromatic heterocycles. The highest BCUT2D eigenvalue weighted by Crippen LogP contribution is 2.35. The summed E-state index contributed by atoms with van der Waals surface area (Å²) in [6.45, 7) is -1.61. The molecule has 162 valence electrons. The molecule has 1 aliphatic carbocycles. The van der Waals surface area contributed by atoms with Crippen molar-refractivity contribution < 1.29 is 26.4 Å². The summed E-state index contributed by atoms with van der Waals surface area (Å²) in [4.78, 5) is 20.7. The van der Waals surface area contributed by atoms with Crippen molar-refractivity contribution in [3.05, 3.63) is 30.0 Å². The number of amides is 1. The molecule has 0 saturated heterocycles. The highest BCUT2D eigenvalue weighted by molar-refractivity contribution is 7.87. The van der Waals surface area contributed by atoms with E-state index in [-0.39, 0.29) is 19.1 Å². The highest BCUT2D eigenvalue weighted by Gasteiger charge is 2.33. The number of hydrogen-bond acceptors (Lipinski definition) is 4. The highest BCUT2D eigenvalue weighted by atomic mass is 32.2. The Morgan fingerprint density at radius 1 is 1.37 bits per heavy atom. The van der Waals surface area contributed by atoms with E-state index in [4.69, 9.17) is 0 Å². The summed E-state index contributed by atoms with van der Waals surface area (Å²) < 4.78 is 63.9. The Morgan fingerprint density at radius 3 is 2.73 bits per heavy atom. The number of carbonyl (C=O) groups excluding carboxylic acids is 1. The van der Waals surface area contributed by atoms with Crippen molar-refractivity contribution in [1.29, 1.82) is 0 Å². The van der Waals surface area contributed by atoms with E-state index in [1.54, 1.807) is 28.0 Å². The summed E-state index contributed by atoms with van der Waals surface area (Å²) in [7, 11) is -4.24. The van der Waals surface area contributed by atoms with E-state index in [9.17, 15) is 26.4 Å². The molecule has 0 bridgehead atoms. The minimum Gasteiger partial charge on any atom is -0.346 e. The van der Waals surface area contributed by atoms with Crippen LogP contribution in [0.1, 0.15) is 24.8 Å². The summed E-state index contributed by atoms with van der Waals surface area (Å²) in [6, 6.07) is 3.79. The van der Waals surface area contributed by atoms with E-state index >= 15 is 0 Å². The Hall–Kier alpha value is -2.44. The van der Waals surface area contributed by atoms with Crippen molar-refractivity contribution in [3.8, 4) is 0 Å². The van der Waals surface area contributed by atoms with Crippen molar-refractivity contribution in [3.63, 3.8) is 0 Å². The van der Waals surface area contributed by atoms with Crippen LogP contribution in [0.5, 0.6) is 0 Å². The third-order valence-corrected chi connectivity index (χ3v) is 6.67. The van der Waals surface area contributed by atoms with Crippen LogP contribution in [0.25, 0.3) is 16.6 Å². The average Bonchev–Trinajstić information content (AvgIpc) is 3.42. The van der Waals surface area contributed by atoms with Crippen molar-refractivity contribution >= 4 is 39.0 Å². The number of alkyl halides is 3. The van der Waals surface area contributed by atoms with Gasteiger partial charge in [-0.2, -0.15) is 30.6 Å². The van der Waals surface area contributed by atoms with Crippen LogP contribution in [0.15, 0.2) is 24.4 Å². The summed E-state index contributed by atoms with van der Waals surface area (Å²) in [6.07, 6.45) is 1.70. The number of aromatic nitrogens is 2. The van der Waals surface area contributed by atoms with Crippen molar-refractivity contribution in [1.82, 2.24) is 19.0 Å². The Morgan fingerprint density at radius 2 is 2.13 bits per heavy atom. The second-order valence-corrected chi connectivity index (χ2v) is 9.05. The Balaban J connectivity index is 1.59. The number of rotatable bonds is 7. The standard InChI is InChI=1S/C18H20F3N5O3S/c19-18(20,21)10-23-30(28,29)25-7-4-12(5-8-25)15-9-16(26(11-27)13-1-2-13)24-17-14(15)3-6-22-17/h3-4,6,9,11,13,23H,1-2,5,7-8,10H2,(H,22,24). The van der Waals surface area contributed by atoms with Crippen LogP contribution >= 0.6 is 0 Å². The molecule has 1 saturated carbocycles. The molecule has 4 rings (SSSR count). The molecular weight excluding hydrogens is 423 g/mol. The molecule has 0 aromatic carbocycles. The first kappa shape index (κ1) is 20.8. The summed E-state index contributed by atoms with van der Waals surface area (Å²) in [5.74, 6) is 0.514. The number of aromatic amines is 1. The van der Waals surface area contributed by atoms with Gasteiger partial charge < -0.3 is 4.98 Å². The van der Waals surface area contributed by atoms with Gasteiger partial charge in [0, 0.05) is 30.7 Å². The van der Waals surface area contributed by atoms with Crippen LogP contribution in [-0.4, -0.2) is 61.0 Å². The lowest BCUT2D eigenvalue weighted by atomic mass is 9.98. The number of halogens is 3. The molecule has 3 heterocycles. The molecule has 0 unspecified atom stereocenters. The van der Waals surface area contributed by atoms with Crippen molar-refractivity contribution in [2.24, 2.45) is 0 Å². The molecule has 2 aromatic rings. The smallest absolute Gasteiger partial charge is 0.346 e. The van der Waals surface area contributed by atoms with E-state index in [2.05, 4.69) is 9.97 Å². The fourth-order valence-electron chi connectivity index (χ4n) is 3.48. The first-order valence-electron chi connectivity index (χ1n) is 9.40. The Bertz CT molecular complexity index is 1090. The largest absolute Gasteiger partial charge is 0.402 e. The average molecular weight is 443 g/mol. The maximum absolute atomic E-state index is 12.4. The lowest BCUT2D eigenvalue weighted by Gasteiger charge is -2.27. The fraction of sp³-hybridized carbons (Fsp3) is 0.444. The van der Waals surface area contributed by atoms with E-state index in [1.165, 1.54) is 0 Å². The molecule has 1 aliphatic heterocycles. The van der Waals surface area contributed by atoms with Gasteiger partial charge in [0.2, 0.25) is 6.41 Å². The van der Waals surface area contributed by atoms with Gasteiger partial charge in [-0.1, -0.05) is 6.08 Å². The first-order chi connectivity index (χ1) is 14.2. The molecular formula is C18H20F3N5O3S. The minimum absolute atomic E-state index is 0.0443. The van der Waals surface area contributed by atoms with Gasteiger partial charge in [-0.25, -0.2) is 4.98 Å². The molecule has 0 spiro atoms. The van der Waals surface area contributed by atoms with Crippen LogP contribution in [0.2, 0.25) is 0 Å². The SMILES string of the molecule is O=CN(c1cc(C2=CCN(S(=O)(=O)NCC(F)(F)F)CC2)c2cc[nH]c2n1)C1CC1. The number of nitrogens with one attached hydrogen (secondary N) is 2. The van der Waals surface area contributed by atoms with Crippen LogP contribution in [0.4, 0.5) is 19.0 Å². The second-order valence-electron chi connectivity index (χ2n) is 7.29. The van der Waals surface area contributed by atoms with Gasteiger partial charge >= 0.3 is 6.18 Å². The molecule has 0 atom stereocenters. The number of fused-ring (bicyclic) bond motifs is 1. The van der Waals surface area contributed by atoms with Gasteiger partial charge in [-0.05, 0) is 42.5 Å². The van der Waals surface area contributed by atoms with E-state index in [1.807, 2.05) is 6.07 Å². The number of H-pyrrole nitrogens is 1. The van der Waals surface area contributed by atoms with Crippen LogP contribution in [-0.2, 0) is 15.0 Å². The lowest BCUT2D eigenvalue weighted by molar-refractivity contribution is -0.121. The number of hydrogen-bond donors (Lipinski definition) is 2. The molecule has 1 amide bonds. The molecule has 0 radical (unpaired) electrons. The van der Waals surface area contributed by atoms with Crippen LogP contribution in [0, 0.1) is 0 Å². The van der Waals surface area contributed by atoms with Gasteiger partial charge in [0.25, 0.3) is 10.2 Å². The second kappa shape index (κ2) is 7.67. The summed E-state index contributed by atoms with van der Waals surface area (Å²) in [5, 5.41) is 0.832. The lowest BCUT2D eigenvalue weighted by Crippen LogP contribution is -2.45. The Labute approximate surface area is 170 Å². The molecule has 1 fully saturated rings.